The van der Waals surface area contributed by atoms with Gasteiger partial charge in [0.15, 0.2) is 5.65 Å². The van der Waals surface area contributed by atoms with Gasteiger partial charge in [0.1, 0.15) is 5.82 Å². The Morgan fingerprint density at radius 2 is 1.84 bits per heavy atom. The molecular formula is C21H28N4. The lowest BCUT2D eigenvalue weighted by Gasteiger charge is -2.21. The van der Waals surface area contributed by atoms with E-state index in [1.54, 1.807) is 0 Å². The summed E-state index contributed by atoms with van der Waals surface area (Å²) in [5.41, 5.74) is 5.42. The van der Waals surface area contributed by atoms with Crippen molar-refractivity contribution in [2.75, 3.05) is 5.32 Å². The minimum Gasteiger partial charge on any atom is -0.367 e. The molecular weight excluding hydrogens is 308 g/mol. The molecule has 0 amide bonds. The molecule has 1 atom stereocenters. The van der Waals surface area contributed by atoms with Gasteiger partial charge in [0.25, 0.3) is 0 Å². The topological polar surface area (TPSA) is 42.2 Å². The lowest BCUT2D eigenvalue weighted by molar-refractivity contribution is 0.568. The van der Waals surface area contributed by atoms with Crippen molar-refractivity contribution in [1.29, 1.82) is 0 Å². The molecule has 0 bridgehead atoms. The third-order valence-electron chi connectivity index (χ3n) is 4.61. The summed E-state index contributed by atoms with van der Waals surface area (Å²) in [6, 6.07) is 11.0. The van der Waals surface area contributed by atoms with Crippen LogP contribution in [0.25, 0.3) is 16.8 Å². The summed E-state index contributed by atoms with van der Waals surface area (Å²) in [5, 5.41) is 8.20. The second-order valence-electron chi connectivity index (χ2n) is 7.89. The maximum absolute atomic E-state index is 4.96. The number of benzene rings is 1. The van der Waals surface area contributed by atoms with Gasteiger partial charge in [-0.05, 0) is 25.8 Å². The van der Waals surface area contributed by atoms with Crippen molar-refractivity contribution in [2.24, 2.45) is 0 Å². The van der Waals surface area contributed by atoms with E-state index in [1.807, 2.05) is 10.7 Å². The second-order valence-corrected chi connectivity index (χ2v) is 7.89. The average molecular weight is 336 g/mol. The first-order valence-corrected chi connectivity index (χ1v) is 9.02. The smallest absolute Gasteiger partial charge is 0.165 e. The molecule has 0 aliphatic rings. The van der Waals surface area contributed by atoms with Crippen LogP contribution >= 0.6 is 0 Å². The van der Waals surface area contributed by atoms with E-state index in [-0.39, 0.29) is 5.41 Å². The fourth-order valence-electron chi connectivity index (χ4n) is 2.74. The van der Waals surface area contributed by atoms with Crippen molar-refractivity contribution in [3.8, 4) is 11.1 Å². The van der Waals surface area contributed by atoms with Crippen LogP contribution in [0.5, 0.6) is 0 Å². The third kappa shape index (κ3) is 3.53. The van der Waals surface area contributed by atoms with Crippen molar-refractivity contribution in [3.05, 3.63) is 47.8 Å². The van der Waals surface area contributed by atoms with Crippen molar-refractivity contribution in [2.45, 2.75) is 59.4 Å². The molecule has 0 spiro atoms. The Bertz CT molecular complexity index is 869. The molecule has 1 unspecified atom stereocenters. The van der Waals surface area contributed by atoms with E-state index in [2.05, 4.69) is 82.3 Å². The number of hydrogen-bond acceptors (Lipinski definition) is 3. The van der Waals surface area contributed by atoms with Crippen LogP contribution in [0.15, 0.2) is 36.5 Å². The van der Waals surface area contributed by atoms with Crippen LogP contribution in [0.4, 0.5) is 5.82 Å². The van der Waals surface area contributed by atoms with Crippen LogP contribution in [0.3, 0.4) is 0 Å². The van der Waals surface area contributed by atoms with Gasteiger partial charge < -0.3 is 5.32 Å². The normalized spacial score (nSPS) is 13.2. The maximum atomic E-state index is 4.96. The molecule has 0 aliphatic heterocycles. The Morgan fingerprint density at radius 3 is 2.44 bits per heavy atom. The zero-order valence-electron chi connectivity index (χ0n) is 16.1. The molecule has 1 aromatic carbocycles. The number of fused-ring (bicyclic) bond motifs is 1. The van der Waals surface area contributed by atoms with Crippen molar-refractivity contribution in [3.63, 3.8) is 0 Å². The minimum atomic E-state index is -0.0253. The summed E-state index contributed by atoms with van der Waals surface area (Å²) >= 11 is 0. The summed E-state index contributed by atoms with van der Waals surface area (Å²) < 4.78 is 1.93. The van der Waals surface area contributed by atoms with E-state index in [4.69, 9.17) is 4.98 Å². The molecule has 0 radical (unpaired) electrons. The zero-order chi connectivity index (χ0) is 18.2. The van der Waals surface area contributed by atoms with Crippen molar-refractivity contribution in [1.82, 2.24) is 14.6 Å². The highest BCUT2D eigenvalue weighted by atomic mass is 15.3. The van der Waals surface area contributed by atoms with Gasteiger partial charge in [0.2, 0.25) is 0 Å². The van der Waals surface area contributed by atoms with Crippen LogP contribution in [-0.4, -0.2) is 20.6 Å². The van der Waals surface area contributed by atoms with Crippen molar-refractivity contribution < 1.29 is 0 Å². The zero-order valence-corrected chi connectivity index (χ0v) is 16.1. The first kappa shape index (κ1) is 17.5. The summed E-state index contributed by atoms with van der Waals surface area (Å²) in [6.45, 7) is 13.1. The molecule has 3 aromatic rings. The summed E-state index contributed by atoms with van der Waals surface area (Å²) in [7, 11) is 0. The van der Waals surface area contributed by atoms with E-state index in [0.29, 0.717) is 6.04 Å². The Kier molecular flexibility index (Phi) is 4.55. The summed E-state index contributed by atoms with van der Waals surface area (Å²) in [5.74, 6) is 1.00. The van der Waals surface area contributed by atoms with Crippen LogP contribution in [-0.2, 0) is 5.41 Å². The van der Waals surface area contributed by atoms with Gasteiger partial charge in [0.05, 0.1) is 11.9 Å². The molecule has 2 heterocycles. The fraction of sp³-hybridized carbons (Fsp3) is 0.429. The largest absolute Gasteiger partial charge is 0.367 e. The number of hydrogen-bond donors (Lipinski definition) is 1. The third-order valence-corrected chi connectivity index (χ3v) is 4.61. The van der Waals surface area contributed by atoms with Gasteiger partial charge in [-0.25, -0.2) is 4.98 Å². The molecule has 2 aromatic heterocycles. The Morgan fingerprint density at radius 1 is 1.16 bits per heavy atom. The minimum absolute atomic E-state index is 0.0253. The maximum Gasteiger partial charge on any atom is 0.165 e. The highest BCUT2D eigenvalue weighted by molar-refractivity contribution is 5.78. The first-order valence-electron chi connectivity index (χ1n) is 9.02. The molecule has 4 nitrogen and oxygen atoms in total. The molecule has 1 N–H and O–H groups in total. The molecule has 3 rings (SSSR count). The van der Waals surface area contributed by atoms with Crippen LogP contribution < -0.4 is 5.32 Å². The number of anilines is 1. The van der Waals surface area contributed by atoms with Crippen LogP contribution in [0, 0.1) is 6.92 Å². The van der Waals surface area contributed by atoms with E-state index in [1.165, 1.54) is 5.56 Å². The summed E-state index contributed by atoms with van der Waals surface area (Å²) in [6.07, 6.45) is 2.97. The first-order chi connectivity index (χ1) is 11.8. The van der Waals surface area contributed by atoms with Gasteiger partial charge in [-0.15, -0.1) is 0 Å². The van der Waals surface area contributed by atoms with Crippen LogP contribution in [0.2, 0.25) is 0 Å². The van der Waals surface area contributed by atoms with Crippen molar-refractivity contribution >= 4 is 11.5 Å². The molecule has 0 aliphatic carbocycles. The summed E-state index contributed by atoms with van der Waals surface area (Å²) in [4.78, 5) is 4.96. The van der Waals surface area contributed by atoms with Gasteiger partial charge in [-0.3, -0.25) is 0 Å². The Balaban J connectivity index is 2.21. The molecule has 132 valence electrons. The average Bonchev–Trinajstić information content (AvgIpc) is 2.99. The van der Waals surface area contributed by atoms with Crippen LogP contribution in [0.1, 0.15) is 52.3 Å². The predicted molar refractivity (Wildman–Crippen MR) is 105 cm³/mol. The highest BCUT2D eigenvalue weighted by Crippen LogP contribution is 2.30. The monoisotopic (exact) mass is 336 g/mol. The standard InChI is InChI=1S/C21H28N4/c1-7-15(3)23-19-12-18(21(4,5)6)24-20-17(13-22-25(19)20)16-10-8-14(2)9-11-16/h8-13,15,23H,7H2,1-6H3. The Hall–Kier alpha value is -2.36. The number of rotatable bonds is 4. The molecule has 0 saturated heterocycles. The lowest BCUT2D eigenvalue weighted by atomic mass is 9.92. The predicted octanol–water partition coefficient (Wildman–Crippen LogP) is 5.21. The van der Waals surface area contributed by atoms with E-state index in [0.717, 1.165) is 34.7 Å². The molecule has 0 fully saturated rings. The molecule has 4 heteroatoms. The second kappa shape index (κ2) is 6.51. The molecule has 25 heavy (non-hydrogen) atoms. The quantitative estimate of drug-likeness (QED) is 0.711. The lowest BCUT2D eigenvalue weighted by Crippen LogP contribution is -2.20. The number of aryl methyl sites for hydroxylation is 1. The number of nitrogens with zero attached hydrogens (tertiary/aromatic N) is 3. The highest BCUT2D eigenvalue weighted by Gasteiger charge is 2.21. The fourth-order valence-corrected chi connectivity index (χ4v) is 2.74. The number of aromatic nitrogens is 3. The van der Waals surface area contributed by atoms with E-state index >= 15 is 0 Å². The van der Waals surface area contributed by atoms with E-state index < -0.39 is 0 Å². The molecule has 0 saturated carbocycles. The van der Waals surface area contributed by atoms with Gasteiger partial charge in [-0.2, -0.15) is 9.61 Å². The van der Waals surface area contributed by atoms with E-state index in [9.17, 15) is 0 Å². The SMILES string of the molecule is CCC(C)Nc1cc(C(C)(C)C)nc2c(-c3ccc(C)cc3)cnn12. The Labute approximate surface area is 150 Å². The van der Waals surface area contributed by atoms with Gasteiger partial charge in [-0.1, -0.05) is 57.5 Å². The van der Waals surface area contributed by atoms with Gasteiger partial charge in [0, 0.05) is 23.1 Å². The van der Waals surface area contributed by atoms with Gasteiger partial charge >= 0.3 is 0 Å². The number of nitrogens with one attached hydrogen (secondary N) is 1.